The quantitative estimate of drug-likeness (QED) is 0.795. The molecule has 0 aliphatic heterocycles. The number of rotatable bonds is 6. The fourth-order valence-electron chi connectivity index (χ4n) is 1.52. The Kier molecular flexibility index (Phi) is 5.53. The van der Waals surface area contributed by atoms with E-state index in [0.717, 1.165) is 23.1 Å². The standard InChI is InChI=1S/C13H17BrO2/c1-3-11(15)6-4-5-10-9-12(16-2)7-8-13(10)14/h7-9H,3-6H2,1-2H3. The number of benzene rings is 1. The first-order valence-electron chi connectivity index (χ1n) is 5.51. The van der Waals surface area contributed by atoms with Crippen molar-refractivity contribution in [3.63, 3.8) is 0 Å². The number of aryl methyl sites for hydroxylation is 1. The number of hydrogen-bond donors (Lipinski definition) is 0. The summed E-state index contributed by atoms with van der Waals surface area (Å²) in [6, 6.07) is 5.92. The minimum Gasteiger partial charge on any atom is -0.497 e. The summed E-state index contributed by atoms with van der Waals surface area (Å²) in [6.07, 6.45) is 3.11. The highest BCUT2D eigenvalue weighted by Crippen LogP contribution is 2.24. The lowest BCUT2D eigenvalue weighted by molar-refractivity contribution is -0.118. The lowest BCUT2D eigenvalue weighted by Crippen LogP contribution is -1.97. The van der Waals surface area contributed by atoms with Crippen LogP contribution in [0, 0.1) is 0 Å². The van der Waals surface area contributed by atoms with E-state index in [1.807, 2.05) is 25.1 Å². The molecule has 0 atom stereocenters. The van der Waals surface area contributed by atoms with Crippen molar-refractivity contribution in [3.8, 4) is 5.75 Å². The Morgan fingerprint density at radius 1 is 1.44 bits per heavy atom. The minimum atomic E-state index is 0.332. The van der Waals surface area contributed by atoms with E-state index >= 15 is 0 Å². The average molecular weight is 285 g/mol. The van der Waals surface area contributed by atoms with Gasteiger partial charge in [-0.2, -0.15) is 0 Å². The van der Waals surface area contributed by atoms with Gasteiger partial charge in [0.05, 0.1) is 7.11 Å². The molecule has 0 saturated carbocycles. The summed E-state index contributed by atoms with van der Waals surface area (Å²) in [5.41, 5.74) is 1.20. The van der Waals surface area contributed by atoms with Crippen LogP contribution in [0.25, 0.3) is 0 Å². The number of carbonyl (C=O) groups is 1. The molecular weight excluding hydrogens is 268 g/mol. The van der Waals surface area contributed by atoms with Gasteiger partial charge in [-0.3, -0.25) is 4.79 Å². The molecule has 3 heteroatoms. The third-order valence-corrected chi connectivity index (χ3v) is 3.32. The van der Waals surface area contributed by atoms with Crippen LogP contribution in [0.1, 0.15) is 31.7 Å². The first kappa shape index (κ1) is 13.2. The molecule has 0 N–H and O–H groups in total. The fourth-order valence-corrected chi connectivity index (χ4v) is 1.97. The lowest BCUT2D eigenvalue weighted by Gasteiger charge is -2.06. The molecule has 0 bridgehead atoms. The van der Waals surface area contributed by atoms with Crippen molar-refractivity contribution in [1.29, 1.82) is 0 Å². The maximum Gasteiger partial charge on any atom is 0.132 e. The molecule has 0 amide bonds. The number of methoxy groups -OCH3 is 1. The molecule has 0 aliphatic carbocycles. The van der Waals surface area contributed by atoms with E-state index in [4.69, 9.17) is 4.74 Å². The van der Waals surface area contributed by atoms with Crippen molar-refractivity contribution in [2.45, 2.75) is 32.6 Å². The third kappa shape index (κ3) is 3.97. The molecule has 16 heavy (non-hydrogen) atoms. The van der Waals surface area contributed by atoms with Crippen LogP contribution < -0.4 is 4.74 Å². The highest BCUT2D eigenvalue weighted by molar-refractivity contribution is 9.10. The molecule has 0 aromatic heterocycles. The van der Waals surface area contributed by atoms with Crippen LogP contribution in [0.15, 0.2) is 22.7 Å². The number of ether oxygens (including phenoxy) is 1. The summed E-state index contributed by atoms with van der Waals surface area (Å²) in [4.78, 5) is 11.2. The lowest BCUT2D eigenvalue weighted by atomic mass is 10.1. The average Bonchev–Trinajstić information content (AvgIpc) is 2.31. The molecule has 0 saturated heterocycles. The van der Waals surface area contributed by atoms with Crippen molar-refractivity contribution in [2.75, 3.05) is 7.11 Å². The smallest absolute Gasteiger partial charge is 0.132 e. The molecule has 0 spiro atoms. The van der Waals surface area contributed by atoms with Crippen LogP contribution in [0.4, 0.5) is 0 Å². The number of Topliss-reactive ketones (excluding diaryl/α,β-unsaturated/α-hetero) is 1. The molecule has 0 radical (unpaired) electrons. The third-order valence-electron chi connectivity index (χ3n) is 2.55. The maximum absolute atomic E-state index is 11.2. The molecule has 0 unspecified atom stereocenters. The van der Waals surface area contributed by atoms with Gasteiger partial charge in [0.2, 0.25) is 0 Å². The molecule has 0 heterocycles. The number of hydrogen-bond acceptors (Lipinski definition) is 2. The van der Waals surface area contributed by atoms with Gasteiger partial charge < -0.3 is 4.74 Å². The van der Waals surface area contributed by atoms with Crippen molar-refractivity contribution >= 4 is 21.7 Å². The zero-order valence-electron chi connectivity index (χ0n) is 9.75. The topological polar surface area (TPSA) is 26.3 Å². The van der Waals surface area contributed by atoms with E-state index in [1.54, 1.807) is 7.11 Å². The molecule has 1 rings (SSSR count). The van der Waals surface area contributed by atoms with E-state index in [-0.39, 0.29) is 0 Å². The monoisotopic (exact) mass is 284 g/mol. The van der Waals surface area contributed by atoms with E-state index < -0.39 is 0 Å². The van der Waals surface area contributed by atoms with Gasteiger partial charge >= 0.3 is 0 Å². The van der Waals surface area contributed by atoms with Gasteiger partial charge in [-0.15, -0.1) is 0 Å². The van der Waals surface area contributed by atoms with Crippen molar-refractivity contribution in [2.24, 2.45) is 0 Å². The van der Waals surface area contributed by atoms with Crippen LogP contribution in [0.3, 0.4) is 0 Å². The Morgan fingerprint density at radius 2 is 2.19 bits per heavy atom. The van der Waals surface area contributed by atoms with Gasteiger partial charge in [-0.05, 0) is 36.6 Å². The first-order chi connectivity index (χ1) is 7.67. The molecule has 88 valence electrons. The minimum absolute atomic E-state index is 0.332. The SMILES string of the molecule is CCC(=O)CCCc1cc(OC)ccc1Br. The van der Waals surface area contributed by atoms with Crippen LogP contribution in [-0.4, -0.2) is 12.9 Å². The van der Waals surface area contributed by atoms with Gasteiger partial charge in [0.25, 0.3) is 0 Å². The van der Waals surface area contributed by atoms with Gasteiger partial charge in [-0.1, -0.05) is 22.9 Å². The molecule has 1 aromatic rings. The Balaban J connectivity index is 2.55. The van der Waals surface area contributed by atoms with Crippen molar-refractivity contribution < 1.29 is 9.53 Å². The highest BCUT2D eigenvalue weighted by Gasteiger charge is 2.04. The van der Waals surface area contributed by atoms with Crippen LogP contribution >= 0.6 is 15.9 Å². The highest BCUT2D eigenvalue weighted by atomic mass is 79.9. The van der Waals surface area contributed by atoms with Gasteiger partial charge in [0, 0.05) is 17.3 Å². The molecular formula is C13H17BrO2. The Labute approximate surface area is 105 Å². The summed E-state index contributed by atoms with van der Waals surface area (Å²) >= 11 is 3.50. The van der Waals surface area contributed by atoms with Crippen LogP contribution in [0.5, 0.6) is 5.75 Å². The Hall–Kier alpha value is -0.830. The molecule has 2 nitrogen and oxygen atoms in total. The van der Waals surface area contributed by atoms with Crippen LogP contribution in [-0.2, 0) is 11.2 Å². The van der Waals surface area contributed by atoms with Gasteiger partial charge in [0.1, 0.15) is 11.5 Å². The predicted molar refractivity (Wildman–Crippen MR) is 68.9 cm³/mol. The zero-order chi connectivity index (χ0) is 12.0. The zero-order valence-corrected chi connectivity index (χ0v) is 11.3. The van der Waals surface area contributed by atoms with Crippen LogP contribution in [0.2, 0.25) is 0 Å². The van der Waals surface area contributed by atoms with Gasteiger partial charge in [0.15, 0.2) is 0 Å². The first-order valence-corrected chi connectivity index (χ1v) is 6.30. The summed E-state index contributed by atoms with van der Waals surface area (Å²) in [5, 5.41) is 0. The van der Waals surface area contributed by atoms with E-state index in [1.165, 1.54) is 5.56 Å². The number of ketones is 1. The number of halogens is 1. The van der Waals surface area contributed by atoms with E-state index in [0.29, 0.717) is 18.6 Å². The molecule has 1 aromatic carbocycles. The van der Waals surface area contributed by atoms with E-state index in [9.17, 15) is 4.79 Å². The summed E-state index contributed by atoms with van der Waals surface area (Å²) < 4.78 is 6.25. The molecule has 0 fully saturated rings. The predicted octanol–water partition coefficient (Wildman–Crippen LogP) is 3.76. The van der Waals surface area contributed by atoms with Crippen molar-refractivity contribution in [1.82, 2.24) is 0 Å². The fraction of sp³-hybridized carbons (Fsp3) is 0.462. The normalized spacial score (nSPS) is 10.2. The number of carbonyl (C=O) groups excluding carboxylic acids is 1. The van der Waals surface area contributed by atoms with Gasteiger partial charge in [-0.25, -0.2) is 0 Å². The summed E-state index contributed by atoms with van der Waals surface area (Å²) in [7, 11) is 1.66. The second-order valence-electron chi connectivity index (χ2n) is 3.70. The summed E-state index contributed by atoms with van der Waals surface area (Å²) in [6.45, 7) is 1.91. The maximum atomic E-state index is 11.2. The Bertz CT molecular complexity index is 361. The summed E-state index contributed by atoms with van der Waals surface area (Å²) in [5.74, 6) is 1.19. The largest absolute Gasteiger partial charge is 0.497 e. The second kappa shape index (κ2) is 6.69. The van der Waals surface area contributed by atoms with Crippen molar-refractivity contribution in [3.05, 3.63) is 28.2 Å². The Morgan fingerprint density at radius 3 is 2.81 bits per heavy atom. The second-order valence-corrected chi connectivity index (χ2v) is 4.56. The van der Waals surface area contributed by atoms with E-state index in [2.05, 4.69) is 15.9 Å². The molecule has 0 aliphatic rings.